The summed E-state index contributed by atoms with van der Waals surface area (Å²) >= 11 is 0. The number of hydrogen-bond donors (Lipinski definition) is 2. The predicted molar refractivity (Wildman–Crippen MR) is 50.1 cm³/mol. The van der Waals surface area contributed by atoms with Crippen LogP contribution in [-0.2, 0) is 11.7 Å². The van der Waals surface area contributed by atoms with Crippen LogP contribution in [0.4, 0.5) is 13.2 Å². The van der Waals surface area contributed by atoms with E-state index in [-0.39, 0.29) is 5.56 Å². The first-order chi connectivity index (χ1) is 6.79. The number of alkyl halides is 3. The van der Waals surface area contributed by atoms with Crippen molar-refractivity contribution in [3.8, 4) is 0 Å². The molecule has 0 aliphatic rings. The quantitative estimate of drug-likeness (QED) is 0.797. The molecule has 1 aromatic rings. The van der Waals surface area contributed by atoms with E-state index in [1.807, 2.05) is 0 Å². The second kappa shape index (κ2) is 3.83. The Morgan fingerprint density at radius 1 is 1.20 bits per heavy atom. The topological polar surface area (TPSA) is 46.2 Å². The van der Waals surface area contributed by atoms with Crippen molar-refractivity contribution in [1.29, 1.82) is 0 Å². The van der Waals surface area contributed by atoms with Gasteiger partial charge in [-0.1, -0.05) is 18.2 Å². The Kier molecular flexibility index (Phi) is 3.06. The largest absolute Gasteiger partial charge is 0.416 e. The van der Waals surface area contributed by atoms with Gasteiger partial charge in [0.05, 0.1) is 17.7 Å². The number of halogens is 3. The summed E-state index contributed by atoms with van der Waals surface area (Å²) < 4.78 is 37.7. The Morgan fingerprint density at radius 2 is 1.67 bits per heavy atom. The van der Waals surface area contributed by atoms with E-state index in [2.05, 4.69) is 0 Å². The minimum absolute atomic E-state index is 0.0972. The second-order valence-corrected chi connectivity index (χ2v) is 3.62. The molecule has 2 nitrogen and oxygen atoms in total. The summed E-state index contributed by atoms with van der Waals surface area (Å²) in [6, 6.07) is 4.99. The zero-order valence-electron chi connectivity index (χ0n) is 8.17. The highest BCUT2D eigenvalue weighted by Gasteiger charge is 2.37. The van der Waals surface area contributed by atoms with E-state index in [0.717, 1.165) is 6.07 Å². The molecule has 84 valence electrons. The van der Waals surface area contributed by atoms with Crippen LogP contribution in [-0.4, -0.2) is 11.7 Å². The van der Waals surface area contributed by atoms with Crippen molar-refractivity contribution < 1.29 is 18.3 Å². The third kappa shape index (κ3) is 2.49. The maximum absolute atomic E-state index is 12.6. The first-order valence-electron chi connectivity index (χ1n) is 4.35. The molecule has 0 radical (unpaired) electrons. The van der Waals surface area contributed by atoms with E-state index in [1.165, 1.54) is 25.1 Å². The summed E-state index contributed by atoms with van der Waals surface area (Å²) in [5.41, 5.74) is 3.30. The summed E-state index contributed by atoms with van der Waals surface area (Å²) in [6.45, 7) is 0.817. The van der Waals surface area contributed by atoms with Crippen LogP contribution < -0.4 is 5.73 Å². The first kappa shape index (κ1) is 12.0. The minimum atomic E-state index is -4.45. The Morgan fingerprint density at radius 3 is 2.07 bits per heavy atom. The van der Waals surface area contributed by atoms with Crippen LogP contribution in [0, 0.1) is 0 Å². The van der Waals surface area contributed by atoms with Crippen LogP contribution in [0.15, 0.2) is 24.3 Å². The third-order valence-corrected chi connectivity index (χ3v) is 2.18. The van der Waals surface area contributed by atoms with Gasteiger partial charge in [-0.2, -0.15) is 13.2 Å². The molecule has 0 heterocycles. The van der Waals surface area contributed by atoms with Crippen LogP contribution in [0.1, 0.15) is 18.1 Å². The molecule has 1 rings (SSSR count). The lowest BCUT2D eigenvalue weighted by Crippen LogP contribution is -2.38. The van der Waals surface area contributed by atoms with Crippen LogP contribution in [0.5, 0.6) is 0 Å². The molecule has 0 bridgehead atoms. The van der Waals surface area contributed by atoms with Crippen molar-refractivity contribution in [2.75, 3.05) is 6.61 Å². The molecule has 0 aromatic heterocycles. The lowest BCUT2D eigenvalue weighted by Gasteiger charge is -2.26. The molecule has 15 heavy (non-hydrogen) atoms. The van der Waals surface area contributed by atoms with Crippen LogP contribution in [0.2, 0.25) is 0 Å². The molecule has 0 aliphatic carbocycles. The molecule has 0 spiro atoms. The summed E-state index contributed by atoms with van der Waals surface area (Å²) in [6.07, 6.45) is -4.45. The fraction of sp³-hybridized carbons (Fsp3) is 0.400. The Balaban J connectivity index is 3.31. The van der Waals surface area contributed by atoms with Crippen molar-refractivity contribution in [3.63, 3.8) is 0 Å². The van der Waals surface area contributed by atoms with Crippen molar-refractivity contribution in [1.82, 2.24) is 0 Å². The molecule has 0 amide bonds. The van der Waals surface area contributed by atoms with E-state index in [9.17, 15) is 13.2 Å². The molecular weight excluding hydrogens is 207 g/mol. The molecular formula is C10H12F3NO. The van der Waals surface area contributed by atoms with Crippen molar-refractivity contribution in [3.05, 3.63) is 35.4 Å². The van der Waals surface area contributed by atoms with E-state index in [0.29, 0.717) is 0 Å². The zero-order chi connectivity index (χ0) is 11.7. The van der Waals surface area contributed by atoms with Gasteiger partial charge in [-0.25, -0.2) is 0 Å². The van der Waals surface area contributed by atoms with Crippen molar-refractivity contribution in [2.24, 2.45) is 5.73 Å². The van der Waals surface area contributed by atoms with E-state index in [1.54, 1.807) is 0 Å². The van der Waals surface area contributed by atoms with Gasteiger partial charge in [0.2, 0.25) is 0 Å². The maximum atomic E-state index is 12.6. The van der Waals surface area contributed by atoms with Gasteiger partial charge in [0.15, 0.2) is 0 Å². The highest BCUT2D eigenvalue weighted by molar-refractivity contribution is 5.35. The number of aliphatic hydroxyl groups is 1. The van der Waals surface area contributed by atoms with Crippen molar-refractivity contribution in [2.45, 2.75) is 18.6 Å². The molecule has 0 saturated heterocycles. The number of rotatable bonds is 2. The van der Waals surface area contributed by atoms with Crippen LogP contribution in [0.25, 0.3) is 0 Å². The van der Waals surface area contributed by atoms with E-state index in [4.69, 9.17) is 10.8 Å². The monoisotopic (exact) mass is 219 g/mol. The normalized spacial score (nSPS) is 16.1. The molecule has 3 N–H and O–H groups in total. The molecule has 0 saturated carbocycles. The van der Waals surface area contributed by atoms with Gasteiger partial charge in [0.25, 0.3) is 0 Å². The lowest BCUT2D eigenvalue weighted by atomic mass is 9.89. The fourth-order valence-corrected chi connectivity index (χ4v) is 1.31. The smallest absolute Gasteiger partial charge is 0.394 e. The van der Waals surface area contributed by atoms with Gasteiger partial charge in [-0.15, -0.1) is 0 Å². The molecule has 1 atom stereocenters. The standard InChI is InChI=1S/C10H12F3NO/c1-9(14,6-15)7-4-2-3-5-8(7)10(11,12)13/h2-5,15H,6,14H2,1H3/t9-/m1/s1. The Hall–Kier alpha value is -1.07. The number of hydrogen-bond acceptors (Lipinski definition) is 2. The lowest BCUT2D eigenvalue weighted by molar-refractivity contribution is -0.138. The third-order valence-electron chi connectivity index (χ3n) is 2.18. The van der Waals surface area contributed by atoms with E-state index < -0.39 is 23.9 Å². The highest BCUT2D eigenvalue weighted by atomic mass is 19.4. The van der Waals surface area contributed by atoms with Crippen LogP contribution in [0.3, 0.4) is 0 Å². The van der Waals surface area contributed by atoms with Crippen molar-refractivity contribution >= 4 is 0 Å². The Bertz CT molecular complexity index is 347. The van der Waals surface area contributed by atoms with Gasteiger partial charge in [0.1, 0.15) is 0 Å². The minimum Gasteiger partial charge on any atom is -0.394 e. The molecule has 5 heteroatoms. The van der Waals surface area contributed by atoms with Crippen LogP contribution >= 0.6 is 0 Å². The molecule has 0 aliphatic heterocycles. The first-order valence-corrected chi connectivity index (χ1v) is 4.35. The average molecular weight is 219 g/mol. The zero-order valence-corrected chi connectivity index (χ0v) is 8.17. The molecule has 0 unspecified atom stereocenters. The van der Waals surface area contributed by atoms with E-state index >= 15 is 0 Å². The second-order valence-electron chi connectivity index (χ2n) is 3.62. The summed E-state index contributed by atoms with van der Waals surface area (Å²) in [4.78, 5) is 0. The number of aliphatic hydroxyl groups excluding tert-OH is 1. The summed E-state index contributed by atoms with van der Waals surface area (Å²) in [5, 5.41) is 8.95. The molecule has 1 aromatic carbocycles. The fourth-order valence-electron chi connectivity index (χ4n) is 1.31. The highest BCUT2D eigenvalue weighted by Crippen LogP contribution is 2.35. The van der Waals surface area contributed by atoms with Gasteiger partial charge in [-0.05, 0) is 18.6 Å². The van der Waals surface area contributed by atoms with Gasteiger partial charge in [0, 0.05) is 0 Å². The predicted octanol–water partition coefficient (Wildman–Crippen LogP) is 1.87. The average Bonchev–Trinajstić information content (AvgIpc) is 2.16. The van der Waals surface area contributed by atoms with Gasteiger partial charge < -0.3 is 10.8 Å². The molecule has 0 fully saturated rings. The Labute approximate surface area is 85.5 Å². The summed E-state index contributed by atoms with van der Waals surface area (Å²) in [7, 11) is 0. The number of nitrogens with two attached hydrogens (primary N) is 1. The van der Waals surface area contributed by atoms with Gasteiger partial charge >= 0.3 is 6.18 Å². The SMILES string of the molecule is C[C@@](N)(CO)c1ccccc1C(F)(F)F. The maximum Gasteiger partial charge on any atom is 0.416 e. The summed E-state index contributed by atoms with van der Waals surface area (Å²) in [5.74, 6) is 0. The van der Waals surface area contributed by atoms with Gasteiger partial charge in [-0.3, -0.25) is 0 Å². The number of benzene rings is 1.